The molecule has 0 radical (unpaired) electrons. The highest BCUT2D eigenvalue weighted by Gasteiger charge is 2.18. The van der Waals surface area contributed by atoms with Crippen LogP contribution in [-0.2, 0) is 22.3 Å². The van der Waals surface area contributed by atoms with Crippen molar-refractivity contribution in [2.45, 2.75) is 39.0 Å². The number of rotatable bonds is 15. The number of hydrogen-bond acceptors (Lipinski definition) is 4. The van der Waals surface area contributed by atoms with E-state index in [1.807, 2.05) is 34.9 Å². The number of ether oxygens (including phenoxy) is 2. The van der Waals surface area contributed by atoms with Crippen LogP contribution < -0.4 is 0 Å². The first kappa shape index (κ1) is 25.2. The summed E-state index contributed by atoms with van der Waals surface area (Å²) in [5.41, 5.74) is 5.04. The lowest BCUT2D eigenvalue weighted by atomic mass is 10.00. The van der Waals surface area contributed by atoms with E-state index in [-0.39, 0.29) is 5.78 Å². The topological polar surface area (TPSA) is 43.2 Å². The van der Waals surface area contributed by atoms with E-state index in [9.17, 15) is 4.79 Å². The van der Waals surface area contributed by atoms with E-state index in [2.05, 4.69) is 36.1 Å². The number of nitrogens with zero attached hydrogens (tertiary/aromatic N) is 2. The maximum Gasteiger partial charge on any atom is 0.210 e. The Morgan fingerprint density at radius 2 is 1.64 bits per heavy atom. The molecule has 0 bridgehead atoms. The van der Waals surface area contributed by atoms with Gasteiger partial charge in [0.2, 0.25) is 5.78 Å². The van der Waals surface area contributed by atoms with Crippen molar-refractivity contribution >= 4 is 11.3 Å². The van der Waals surface area contributed by atoms with Crippen LogP contribution in [0.4, 0.5) is 0 Å². The lowest BCUT2D eigenvalue weighted by molar-refractivity contribution is 0.103. The molecule has 5 heteroatoms. The van der Waals surface area contributed by atoms with Crippen LogP contribution in [0.2, 0.25) is 0 Å². The second-order valence-electron chi connectivity index (χ2n) is 8.57. The van der Waals surface area contributed by atoms with Crippen molar-refractivity contribution in [1.82, 2.24) is 9.30 Å². The summed E-state index contributed by atoms with van der Waals surface area (Å²) in [5, 5.41) is 0. The zero-order valence-corrected chi connectivity index (χ0v) is 20.4. The summed E-state index contributed by atoms with van der Waals surface area (Å²) < 4.78 is 12.5. The average Bonchev–Trinajstić information content (AvgIpc) is 3.22. The molecule has 2 aromatic heterocycles. The molecule has 0 aliphatic rings. The highest BCUT2D eigenvalue weighted by molar-refractivity contribution is 6.09. The molecule has 1 aromatic carbocycles. The molecule has 2 heterocycles. The first-order valence-electron chi connectivity index (χ1n) is 12.1. The zero-order chi connectivity index (χ0) is 23.5. The number of aryl methyl sites for hydroxylation is 2. The molecule has 178 valence electrons. The molecule has 0 saturated carbocycles. The van der Waals surface area contributed by atoms with Crippen LogP contribution in [-0.4, -0.2) is 62.2 Å². The Bertz CT molecular complexity index is 986. The molecule has 0 spiro atoms. The van der Waals surface area contributed by atoms with Gasteiger partial charge in [-0.05, 0) is 61.6 Å². The monoisotopic (exact) mass is 450 g/mol. The summed E-state index contributed by atoms with van der Waals surface area (Å²) in [6.45, 7) is 6.48. The van der Waals surface area contributed by atoms with Crippen LogP contribution in [0.3, 0.4) is 0 Å². The molecule has 0 atom stereocenters. The Hall–Kier alpha value is -2.47. The number of carbonyl (C=O) groups excluding carboxylic acids is 1. The summed E-state index contributed by atoms with van der Waals surface area (Å²) in [6.07, 6.45) is 7.17. The Kier molecular flexibility index (Phi) is 10.1. The molecule has 0 unspecified atom stereocenters. The van der Waals surface area contributed by atoms with Crippen molar-refractivity contribution in [3.8, 4) is 0 Å². The number of fused-ring (bicyclic) bond motifs is 1. The number of unbranched alkanes of at least 4 members (excludes halogenated alkanes) is 1. The van der Waals surface area contributed by atoms with Gasteiger partial charge in [0.15, 0.2) is 0 Å². The number of ketones is 1. The third-order valence-electron chi connectivity index (χ3n) is 6.15. The lowest BCUT2D eigenvalue weighted by Crippen LogP contribution is -2.31. The smallest absolute Gasteiger partial charge is 0.210 e. The highest BCUT2D eigenvalue weighted by Crippen LogP contribution is 2.22. The molecule has 0 amide bonds. The summed E-state index contributed by atoms with van der Waals surface area (Å²) >= 11 is 0. The van der Waals surface area contributed by atoms with Gasteiger partial charge in [-0.2, -0.15) is 0 Å². The van der Waals surface area contributed by atoms with Crippen molar-refractivity contribution in [1.29, 1.82) is 0 Å². The van der Waals surface area contributed by atoms with Crippen LogP contribution in [0.5, 0.6) is 0 Å². The first-order chi connectivity index (χ1) is 16.2. The number of aromatic nitrogens is 1. The van der Waals surface area contributed by atoms with E-state index in [0.29, 0.717) is 0 Å². The fourth-order valence-corrected chi connectivity index (χ4v) is 4.23. The number of methoxy groups -OCH3 is 2. The third kappa shape index (κ3) is 7.00. The van der Waals surface area contributed by atoms with Gasteiger partial charge in [-0.1, -0.05) is 43.7 Å². The molecular formula is C28H38N2O3. The molecule has 33 heavy (non-hydrogen) atoms. The van der Waals surface area contributed by atoms with Crippen LogP contribution >= 0.6 is 0 Å². The standard InChI is InChI=1S/C28H38N2O3/c1-4-5-10-25-22-26-11-6-7-17-30(26)27(25)28(31)24-14-12-23(13-15-24)9-8-16-29(18-20-32-2)19-21-33-3/h6-7,11-15,17,22H,4-5,8-10,16,18-21H2,1-3H3. The van der Waals surface area contributed by atoms with Gasteiger partial charge in [-0.3, -0.25) is 9.69 Å². The summed E-state index contributed by atoms with van der Waals surface area (Å²) in [6, 6.07) is 16.4. The lowest BCUT2D eigenvalue weighted by Gasteiger charge is -2.21. The molecule has 0 aliphatic carbocycles. The summed E-state index contributed by atoms with van der Waals surface area (Å²) in [5.74, 6) is 0.101. The minimum atomic E-state index is 0.101. The van der Waals surface area contributed by atoms with Gasteiger partial charge >= 0.3 is 0 Å². The summed E-state index contributed by atoms with van der Waals surface area (Å²) in [7, 11) is 3.47. The van der Waals surface area contributed by atoms with Crippen molar-refractivity contribution < 1.29 is 14.3 Å². The SMILES string of the molecule is CCCCc1cc2ccccn2c1C(=O)c1ccc(CCCN(CCOC)CCOC)cc1. The van der Waals surface area contributed by atoms with Gasteiger partial charge in [0, 0.05) is 44.6 Å². The predicted molar refractivity (Wildman–Crippen MR) is 134 cm³/mol. The van der Waals surface area contributed by atoms with E-state index in [0.717, 1.165) is 87.3 Å². The van der Waals surface area contributed by atoms with Gasteiger partial charge in [0.05, 0.1) is 18.9 Å². The molecule has 0 N–H and O–H groups in total. The fourth-order valence-electron chi connectivity index (χ4n) is 4.23. The van der Waals surface area contributed by atoms with E-state index < -0.39 is 0 Å². The Balaban J connectivity index is 1.66. The number of carbonyl (C=O) groups is 1. The van der Waals surface area contributed by atoms with Crippen LogP contribution in [0.15, 0.2) is 54.7 Å². The van der Waals surface area contributed by atoms with Gasteiger partial charge in [-0.25, -0.2) is 0 Å². The normalized spacial score (nSPS) is 11.5. The largest absolute Gasteiger partial charge is 0.383 e. The van der Waals surface area contributed by atoms with Gasteiger partial charge < -0.3 is 13.9 Å². The third-order valence-corrected chi connectivity index (χ3v) is 6.15. The van der Waals surface area contributed by atoms with E-state index in [1.165, 1.54) is 5.56 Å². The Morgan fingerprint density at radius 1 is 0.909 bits per heavy atom. The van der Waals surface area contributed by atoms with Crippen molar-refractivity contribution in [3.05, 3.63) is 77.1 Å². The predicted octanol–water partition coefficient (Wildman–Crippen LogP) is 5.04. The maximum atomic E-state index is 13.5. The molecular weight excluding hydrogens is 412 g/mol. The quantitative estimate of drug-likeness (QED) is 0.304. The number of pyridine rings is 1. The van der Waals surface area contributed by atoms with Gasteiger partial charge in [0.1, 0.15) is 0 Å². The molecule has 3 rings (SSSR count). The molecule has 0 fully saturated rings. The second kappa shape index (κ2) is 13.3. The zero-order valence-electron chi connectivity index (χ0n) is 20.4. The van der Waals surface area contributed by atoms with E-state index in [1.54, 1.807) is 14.2 Å². The average molecular weight is 451 g/mol. The minimum absolute atomic E-state index is 0.101. The van der Waals surface area contributed by atoms with Gasteiger partial charge in [0.25, 0.3) is 0 Å². The number of benzene rings is 1. The van der Waals surface area contributed by atoms with Crippen LogP contribution in [0.1, 0.15) is 53.4 Å². The van der Waals surface area contributed by atoms with E-state index >= 15 is 0 Å². The van der Waals surface area contributed by atoms with Crippen molar-refractivity contribution in [2.75, 3.05) is 47.1 Å². The molecule has 5 nitrogen and oxygen atoms in total. The maximum absolute atomic E-state index is 13.5. The molecule has 0 saturated heterocycles. The molecule has 3 aromatic rings. The highest BCUT2D eigenvalue weighted by atomic mass is 16.5. The summed E-state index contributed by atoms with van der Waals surface area (Å²) in [4.78, 5) is 15.8. The van der Waals surface area contributed by atoms with Gasteiger partial charge in [-0.15, -0.1) is 0 Å². The number of hydrogen-bond donors (Lipinski definition) is 0. The fraction of sp³-hybridized carbons (Fsp3) is 0.464. The molecule has 0 aliphatic heterocycles. The van der Waals surface area contributed by atoms with Crippen LogP contribution in [0, 0.1) is 0 Å². The van der Waals surface area contributed by atoms with E-state index in [4.69, 9.17) is 9.47 Å². The Morgan fingerprint density at radius 3 is 2.30 bits per heavy atom. The van der Waals surface area contributed by atoms with Crippen molar-refractivity contribution in [3.63, 3.8) is 0 Å². The van der Waals surface area contributed by atoms with Crippen molar-refractivity contribution in [2.24, 2.45) is 0 Å². The van der Waals surface area contributed by atoms with Crippen LogP contribution in [0.25, 0.3) is 5.52 Å². The first-order valence-corrected chi connectivity index (χ1v) is 12.1. The Labute approximate surface area is 198 Å². The second-order valence-corrected chi connectivity index (χ2v) is 8.57. The minimum Gasteiger partial charge on any atom is -0.383 e.